The summed E-state index contributed by atoms with van der Waals surface area (Å²) in [7, 11) is 0. The van der Waals surface area contributed by atoms with Crippen LogP contribution in [0.5, 0.6) is 5.75 Å². The lowest BCUT2D eigenvalue weighted by Crippen LogP contribution is -2.52. The molecule has 5 nitrogen and oxygen atoms in total. The molecular formula is C16H16Cl2O5. The number of carbonyl (C=O) groups is 2. The molecule has 0 radical (unpaired) electrons. The lowest BCUT2D eigenvalue weighted by molar-refractivity contribution is -0.261. The summed E-state index contributed by atoms with van der Waals surface area (Å²) in [4.78, 5) is 24.4. The van der Waals surface area contributed by atoms with Crippen LogP contribution in [0.1, 0.15) is 33.3 Å². The third-order valence-corrected chi connectivity index (χ3v) is 4.30. The van der Waals surface area contributed by atoms with Crippen LogP contribution in [0.3, 0.4) is 0 Å². The van der Waals surface area contributed by atoms with E-state index in [2.05, 4.69) is 0 Å². The maximum atomic E-state index is 12.2. The van der Waals surface area contributed by atoms with Gasteiger partial charge < -0.3 is 14.6 Å². The van der Waals surface area contributed by atoms with Crippen molar-refractivity contribution in [2.45, 2.75) is 33.5 Å². The van der Waals surface area contributed by atoms with Crippen molar-refractivity contribution in [2.75, 3.05) is 0 Å². The van der Waals surface area contributed by atoms with E-state index < -0.39 is 23.1 Å². The Morgan fingerprint density at radius 2 is 1.52 bits per heavy atom. The molecule has 23 heavy (non-hydrogen) atoms. The van der Waals surface area contributed by atoms with E-state index in [0.29, 0.717) is 5.56 Å². The van der Waals surface area contributed by atoms with Gasteiger partial charge in [0.1, 0.15) is 5.57 Å². The average Bonchev–Trinajstić information content (AvgIpc) is 2.39. The second-order valence-corrected chi connectivity index (χ2v) is 7.18. The van der Waals surface area contributed by atoms with Crippen molar-refractivity contribution >= 4 is 41.2 Å². The first-order valence-corrected chi connectivity index (χ1v) is 7.56. The molecule has 1 saturated heterocycles. The average molecular weight is 359 g/mol. The van der Waals surface area contributed by atoms with Crippen LogP contribution in [0.15, 0.2) is 17.7 Å². The minimum Gasteiger partial charge on any atom is -0.505 e. The Kier molecular flexibility index (Phi) is 4.39. The number of carbonyl (C=O) groups excluding carboxylic acids is 2. The zero-order valence-corrected chi connectivity index (χ0v) is 14.6. The van der Waals surface area contributed by atoms with Gasteiger partial charge >= 0.3 is 11.9 Å². The molecule has 0 amide bonds. The fourth-order valence-corrected chi connectivity index (χ4v) is 2.33. The van der Waals surface area contributed by atoms with Crippen molar-refractivity contribution < 1.29 is 24.2 Å². The van der Waals surface area contributed by atoms with E-state index in [4.69, 9.17) is 32.7 Å². The summed E-state index contributed by atoms with van der Waals surface area (Å²) in [6, 6.07) is 2.74. The predicted octanol–water partition coefficient (Wildman–Crippen LogP) is 3.94. The lowest BCUT2D eigenvalue weighted by Gasteiger charge is -2.42. The van der Waals surface area contributed by atoms with Crippen LogP contribution in [-0.2, 0) is 19.1 Å². The summed E-state index contributed by atoms with van der Waals surface area (Å²) < 4.78 is 10.6. The molecule has 1 aliphatic rings. The molecule has 1 N–H and O–H groups in total. The van der Waals surface area contributed by atoms with Crippen molar-refractivity contribution in [2.24, 2.45) is 5.41 Å². The highest BCUT2D eigenvalue weighted by molar-refractivity contribution is 6.37. The van der Waals surface area contributed by atoms with E-state index in [1.807, 2.05) is 0 Å². The number of phenols is 1. The SMILES string of the molecule is CC(C)(C)C1(C)OC(=O)C(=Cc2cc(Cl)c(O)c(Cl)c2)C(=O)O1. The molecule has 0 bridgehead atoms. The van der Waals surface area contributed by atoms with Crippen LogP contribution >= 0.6 is 23.2 Å². The lowest BCUT2D eigenvalue weighted by atomic mass is 9.85. The van der Waals surface area contributed by atoms with E-state index in [1.165, 1.54) is 25.1 Å². The number of halogens is 2. The van der Waals surface area contributed by atoms with Crippen molar-refractivity contribution in [3.05, 3.63) is 33.3 Å². The second-order valence-electron chi connectivity index (χ2n) is 6.37. The highest BCUT2D eigenvalue weighted by atomic mass is 35.5. The molecule has 0 aliphatic carbocycles. The van der Waals surface area contributed by atoms with E-state index in [0.717, 1.165) is 0 Å². The Hall–Kier alpha value is -1.72. The fourth-order valence-electron chi connectivity index (χ4n) is 1.83. The number of hydrogen-bond donors (Lipinski definition) is 1. The summed E-state index contributed by atoms with van der Waals surface area (Å²) >= 11 is 11.6. The van der Waals surface area contributed by atoms with Gasteiger partial charge in [-0.15, -0.1) is 0 Å². The summed E-state index contributed by atoms with van der Waals surface area (Å²) in [6.45, 7) is 6.92. The minimum absolute atomic E-state index is 0.00132. The third kappa shape index (κ3) is 3.31. The number of rotatable bonds is 1. The summed E-state index contributed by atoms with van der Waals surface area (Å²) in [5.74, 6) is -3.22. The number of ether oxygens (including phenoxy) is 2. The number of hydrogen-bond acceptors (Lipinski definition) is 5. The molecule has 2 rings (SSSR count). The Bertz CT molecular complexity index is 673. The highest BCUT2D eigenvalue weighted by Gasteiger charge is 2.50. The van der Waals surface area contributed by atoms with E-state index in [9.17, 15) is 14.7 Å². The van der Waals surface area contributed by atoms with Gasteiger partial charge in [0.2, 0.25) is 0 Å². The van der Waals surface area contributed by atoms with Crippen molar-refractivity contribution in [3.63, 3.8) is 0 Å². The van der Waals surface area contributed by atoms with Gasteiger partial charge in [0, 0.05) is 12.3 Å². The van der Waals surface area contributed by atoms with Gasteiger partial charge in [0.25, 0.3) is 5.79 Å². The number of cyclic esters (lactones) is 2. The number of phenolic OH excluding ortho intramolecular Hbond substituents is 1. The van der Waals surface area contributed by atoms with Gasteiger partial charge in [-0.05, 0) is 23.8 Å². The zero-order valence-electron chi connectivity index (χ0n) is 13.1. The molecule has 1 fully saturated rings. The molecule has 1 aromatic carbocycles. The topological polar surface area (TPSA) is 72.8 Å². The number of aromatic hydroxyl groups is 1. The van der Waals surface area contributed by atoms with Gasteiger partial charge in [-0.2, -0.15) is 0 Å². The predicted molar refractivity (Wildman–Crippen MR) is 86.1 cm³/mol. The van der Waals surface area contributed by atoms with Crippen LogP contribution in [0.2, 0.25) is 10.0 Å². The van der Waals surface area contributed by atoms with Gasteiger partial charge in [-0.3, -0.25) is 0 Å². The molecule has 124 valence electrons. The normalized spacial score (nSPS) is 21.7. The van der Waals surface area contributed by atoms with Gasteiger partial charge in [0.15, 0.2) is 5.75 Å². The summed E-state index contributed by atoms with van der Waals surface area (Å²) in [5.41, 5.74) is -0.500. The van der Waals surface area contributed by atoms with Gasteiger partial charge in [0.05, 0.1) is 10.0 Å². The Morgan fingerprint density at radius 1 is 1.09 bits per heavy atom. The monoisotopic (exact) mass is 358 g/mol. The zero-order chi connectivity index (χ0) is 17.6. The number of benzene rings is 1. The first-order valence-electron chi connectivity index (χ1n) is 6.81. The summed E-state index contributed by atoms with van der Waals surface area (Å²) in [6.07, 6.45) is 1.25. The van der Waals surface area contributed by atoms with Gasteiger partial charge in [-0.1, -0.05) is 44.0 Å². The Balaban J connectivity index is 2.39. The summed E-state index contributed by atoms with van der Waals surface area (Å²) in [5, 5.41) is 9.53. The molecule has 1 heterocycles. The van der Waals surface area contributed by atoms with E-state index in [1.54, 1.807) is 20.8 Å². The minimum atomic E-state index is -1.36. The van der Waals surface area contributed by atoms with Crippen LogP contribution in [0.25, 0.3) is 6.08 Å². The molecule has 7 heteroatoms. The van der Waals surface area contributed by atoms with Crippen LogP contribution in [-0.4, -0.2) is 22.8 Å². The smallest absolute Gasteiger partial charge is 0.348 e. The number of esters is 2. The fraction of sp³-hybridized carbons (Fsp3) is 0.375. The largest absolute Gasteiger partial charge is 0.505 e. The van der Waals surface area contributed by atoms with Crippen LogP contribution in [0, 0.1) is 5.41 Å². The third-order valence-electron chi connectivity index (χ3n) is 3.73. The van der Waals surface area contributed by atoms with Crippen molar-refractivity contribution in [3.8, 4) is 5.75 Å². The van der Waals surface area contributed by atoms with E-state index >= 15 is 0 Å². The molecule has 0 atom stereocenters. The van der Waals surface area contributed by atoms with Crippen LogP contribution in [0.4, 0.5) is 0 Å². The molecular weight excluding hydrogens is 343 g/mol. The maximum Gasteiger partial charge on any atom is 0.348 e. The Morgan fingerprint density at radius 3 is 1.91 bits per heavy atom. The Labute approximate surface area is 143 Å². The van der Waals surface area contributed by atoms with E-state index in [-0.39, 0.29) is 21.4 Å². The maximum absolute atomic E-state index is 12.2. The molecule has 0 spiro atoms. The quantitative estimate of drug-likeness (QED) is 0.467. The highest BCUT2D eigenvalue weighted by Crippen LogP contribution is 2.39. The first kappa shape index (κ1) is 17.6. The molecule has 0 saturated carbocycles. The first-order chi connectivity index (χ1) is 10.4. The molecule has 1 aliphatic heterocycles. The molecule has 1 aromatic rings. The van der Waals surface area contributed by atoms with Crippen molar-refractivity contribution in [1.29, 1.82) is 0 Å². The van der Waals surface area contributed by atoms with Crippen LogP contribution < -0.4 is 0 Å². The second kappa shape index (κ2) is 5.73. The molecule has 0 aromatic heterocycles. The van der Waals surface area contributed by atoms with Gasteiger partial charge in [-0.25, -0.2) is 9.59 Å². The molecule has 0 unspecified atom stereocenters. The standard InChI is InChI=1S/C16H16Cl2O5/c1-15(2,3)16(4)22-13(20)9(14(21)23-16)5-8-6-10(17)12(19)11(18)7-8/h5-7,19H,1-4H3. The van der Waals surface area contributed by atoms with Crippen molar-refractivity contribution in [1.82, 2.24) is 0 Å².